The molecular weight excluding hydrogens is 553 g/mol. The molecule has 42 heavy (non-hydrogen) atoms. The molecule has 1 aliphatic heterocycles. The zero-order valence-electron chi connectivity index (χ0n) is 22.6. The third kappa shape index (κ3) is 7.14. The van der Waals surface area contributed by atoms with E-state index >= 15 is 0 Å². The van der Waals surface area contributed by atoms with Gasteiger partial charge in [0.05, 0.1) is 24.9 Å². The average molecular weight is 583 g/mol. The van der Waals surface area contributed by atoms with Crippen LogP contribution < -0.4 is 20.9 Å². The van der Waals surface area contributed by atoms with Crippen LogP contribution in [-0.2, 0) is 10.9 Å². The van der Waals surface area contributed by atoms with Crippen molar-refractivity contribution in [2.75, 3.05) is 53.7 Å². The Bertz CT molecular complexity index is 1540. The number of nitrogens with one attached hydrogen (secondary N) is 3. The number of alkyl halides is 3. The second-order valence-electron chi connectivity index (χ2n) is 9.61. The molecule has 0 radical (unpaired) electrons. The number of anilines is 4. The number of hydrogen-bond donors (Lipinski definition) is 4. The Hall–Kier alpha value is -4.69. The number of ether oxygens (including phenoxy) is 1. The van der Waals surface area contributed by atoms with Crippen molar-refractivity contribution >= 4 is 29.0 Å². The number of nitrogens with zero attached hydrogens (tertiary/aromatic N) is 5. The van der Waals surface area contributed by atoms with Crippen molar-refractivity contribution in [1.82, 2.24) is 19.5 Å². The van der Waals surface area contributed by atoms with Crippen LogP contribution in [0.3, 0.4) is 0 Å². The molecule has 0 bridgehead atoms. The Balaban J connectivity index is 1.33. The van der Waals surface area contributed by atoms with Gasteiger partial charge in [-0.25, -0.2) is 14.8 Å². The summed E-state index contributed by atoms with van der Waals surface area (Å²) in [6.45, 7) is 3.65. The number of imidazole rings is 1. The third-order valence-corrected chi connectivity index (χ3v) is 6.34. The number of amides is 2. The van der Waals surface area contributed by atoms with E-state index in [1.165, 1.54) is 6.07 Å². The Morgan fingerprint density at radius 3 is 2.60 bits per heavy atom. The normalized spacial score (nSPS) is 14.4. The first kappa shape index (κ1) is 28.8. The van der Waals surface area contributed by atoms with Crippen LogP contribution in [0.15, 0.2) is 67.1 Å². The minimum Gasteiger partial charge on any atom is -0.392 e. The summed E-state index contributed by atoms with van der Waals surface area (Å²) in [5, 5.41) is 17.7. The number of rotatable bonds is 8. The van der Waals surface area contributed by atoms with Gasteiger partial charge in [-0.3, -0.25) is 4.57 Å². The van der Waals surface area contributed by atoms with E-state index < -0.39 is 23.9 Å². The van der Waals surface area contributed by atoms with Crippen molar-refractivity contribution in [3.63, 3.8) is 0 Å². The lowest BCUT2D eigenvalue weighted by Crippen LogP contribution is -2.36. The van der Waals surface area contributed by atoms with Crippen LogP contribution in [0.4, 0.5) is 41.0 Å². The van der Waals surface area contributed by atoms with Gasteiger partial charge in [-0.15, -0.1) is 0 Å². The maximum absolute atomic E-state index is 13.6. The summed E-state index contributed by atoms with van der Waals surface area (Å²) in [6.07, 6.45) is -0.246. The van der Waals surface area contributed by atoms with Crippen LogP contribution in [0.5, 0.6) is 0 Å². The Kier molecular flexibility index (Phi) is 8.54. The van der Waals surface area contributed by atoms with Crippen molar-refractivity contribution in [3.05, 3.63) is 72.7 Å². The number of halogens is 3. The minimum absolute atomic E-state index is 0.0132. The molecule has 1 atom stereocenters. The summed E-state index contributed by atoms with van der Waals surface area (Å²) in [4.78, 5) is 27.7. The highest BCUT2D eigenvalue weighted by atomic mass is 19.4. The molecule has 0 unspecified atom stereocenters. The Morgan fingerprint density at radius 2 is 1.83 bits per heavy atom. The minimum atomic E-state index is -4.58. The second kappa shape index (κ2) is 12.4. The van der Waals surface area contributed by atoms with Gasteiger partial charge in [0.1, 0.15) is 11.6 Å². The molecule has 2 aromatic heterocycles. The Morgan fingerprint density at radius 1 is 1.05 bits per heavy atom. The lowest BCUT2D eigenvalue weighted by molar-refractivity contribution is -0.137. The van der Waals surface area contributed by atoms with E-state index in [2.05, 4.69) is 30.9 Å². The first-order valence-electron chi connectivity index (χ1n) is 13.2. The van der Waals surface area contributed by atoms with Crippen LogP contribution >= 0.6 is 0 Å². The molecule has 5 rings (SSSR count). The molecule has 11 nitrogen and oxygen atoms in total. The van der Waals surface area contributed by atoms with Crippen molar-refractivity contribution in [2.45, 2.75) is 19.2 Å². The maximum atomic E-state index is 13.6. The lowest BCUT2D eigenvalue weighted by atomic mass is 10.1. The fourth-order valence-electron chi connectivity index (χ4n) is 4.39. The summed E-state index contributed by atoms with van der Waals surface area (Å²) in [5.41, 5.74) is 0.570. The number of benzene rings is 2. The molecule has 14 heteroatoms. The number of carbonyl (C=O) groups excluding carboxylic acids is 1. The van der Waals surface area contributed by atoms with Crippen molar-refractivity contribution < 1.29 is 27.8 Å². The van der Waals surface area contributed by atoms with Gasteiger partial charge in [0, 0.05) is 60.9 Å². The zero-order valence-corrected chi connectivity index (χ0v) is 22.6. The lowest BCUT2D eigenvalue weighted by Gasteiger charge is -2.29. The van der Waals surface area contributed by atoms with Crippen LogP contribution in [0.1, 0.15) is 12.5 Å². The largest absolute Gasteiger partial charge is 0.416 e. The van der Waals surface area contributed by atoms with Gasteiger partial charge in [-0.2, -0.15) is 18.2 Å². The van der Waals surface area contributed by atoms with Gasteiger partial charge >= 0.3 is 12.2 Å². The van der Waals surface area contributed by atoms with E-state index in [1.807, 2.05) is 0 Å². The smallest absolute Gasteiger partial charge is 0.392 e. The number of morpholine rings is 1. The standard InChI is InChI=1S/C28H29F3N8O3/c1-18(40)17-34-26-33-6-5-24(37-26)39-8-7-32-25(39)19-3-2-4-21(13-19)35-27(41)36-22-14-20(28(29,30)31)15-23(16-22)38-9-11-42-12-10-38/h2-8,13-16,18,40H,9-12,17H2,1H3,(H,33,34,37)(H2,35,36,41)/t18-/m0/s1. The molecule has 220 valence electrons. The molecule has 0 spiro atoms. The number of aromatic nitrogens is 4. The predicted molar refractivity (Wildman–Crippen MR) is 152 cm³/mol. The van der Waals surface area contributed by atoms with Crippen molar-refractivity contribution in [2.24, 2.45) is 0 Å². The van der Waals surface area contributed by atoms with Gasteiger partial charge in [0.25, 0.3) is 0 Å². The molecule has 2 aromatic carbocycles. The molecule has 4 aromatic rings. The highest BCUT2D eigenvalue weighted by molar-refractivity contribution is 6.00. The summed E-state index contributed by atoms with van der Waals surface area (Å²) in [5.74, 6) is 1.40. The maximum Gasteiger partial charge on any atom is 0.416 e. The first-order valence-corrected chi connectivity index (χ1v) is 13.2. The van der Waals surface area contributed by atoms with E-state index in [-0.39, 0.29) is 12.2 Å². The fourth-order valence-corrected chi connectivity index (χ4v) is 4.39. The molecule has 1 saturated heterocycles. The first-order chi connectivity index (χ1) is 20.2. The van der Waals surface area contributed by atoms with Gasteiger partial charge in [-0.05, 0) is 43.3 Å². The molecule has 1 aliphatic rings. The van der Waals surface area contributed by atoms with E-state index in [0.29, 0.717) is 60.8 Å². The van der Waals surface area contributed by atoms with E-state index in [1.54, 1.807) is 65.3 Å². The molecular formula is C28H29F3N8O3. The van der Waals surface area contributed by atoms with Crippen LogP contribution in [-0.4, -0.2) is 69.6 Å². The molecule has 0 aliphatic carbocycles. The SMILES string of the molecule is C[C@H](O)CNc1nccc(-n2ccnc2-c2cccc(NC(=O)Nc3cc(N4CCOCC4)cc(C(F)(F)F)c3)c2)n1. The quantitative estimate of drug-likeness (QED) is 0.237. The van der Waals surface area contributed by atoms with E-state index in [0.717, 1.165) is 12.1 Å². The van der Waals surface area contributed by atoms with Crippen molar-refractivity contribution in [1.29, 1.82) is 0 Å². The molecule has 2 amide bonds. The third-order valence-electron chi connectivity index (χ3n) is 6.34. The zero-order chi connectivity index (χ0) is 29.7. The summed E-state index contributed by atoms with van der Waals surface area (Å²) >= 11 is 0. The molecule has 1 fully saturated rings. The van der Waals surface area contributed by atoms with E-state index in [9.17, 15) is 23.1 Å². The van der Waals surface area contributed by atoms with Crippen LogP contribution in [0.25, 0.3) is 17.2 Å². The molecule has 4 N–H and O–H groups in total. The topological polar surface area (TPSA) is 129 Å². The van der Waals surface area contributed by atoms with Crippen LogP contribution in [0.2, 0.25) is 0 Å². The number of aliphatic hydroxyl groups is 1. The summed E-state index contributed by atoms with van der Waals surface area (Å²) in [7, 11) is 0. The van der Waals surface area contributed by atoms with Crippen molar-refractivity contribution in [3.8, 4) is 17.2 Å². The monoisotopic (exact) mass is 582 g/mol. The fraction of sp³-hybridized carbons (Fsp3) is 0.286. The molecule has 3 heterocycles. The second-order valence-corrected chi connectivity index (χ2v) is 9.61. The van der Waals surface area contributed by atoms with Gasteiger partial charge in [-0.1, -0.05) is 12.1 Å². The number of aliphatic hydroxyl groups excluding tert-OH is 1. The highest BCUT2D eigenvalue weighted by Crippen LogP contribution is 2.35. The van der Waals surface area contributed by atoms with Gasteiger partial charge < -0.3 is 30.7 Å². The number of urea groups is 1. The molecule has 0 saturated carbocycles. The van der Waals surface area contributed by atoms with Crippen LogP contribution in [0, 0.1) is 0 Å². The Labute approximate surface area is 239 Å². The highest BCUT2D eigenvalue weighted by Gasteiger charge is 2.32. The number of carbonyl (C=O) groups is 1. The van der Waals surface area contributed by atoms with E-state index in [4.69, 9.17) is 4.74 Å². The number of hydrogen-bond acceptors (Lipinski definition) is 8. The summed E-state index contributed by atoms with van der Waals surface area (Å²) < 4.78 is 47.9. The predicted octanol–water partition coefficient (Wildman–Crippen LogP) is 4.62. The van der Waals surface area contributed by atoms with Gasteiger partial charge in [0.15, 0.2) is 0 Å². The summed E-state index contributed by atoms with van der Waals surface area (Å²) in [6, 6.07) is 11.4. The average Bonchev–Trinajstić information content (AvgIpc) is 3.46. The van der Waals surface area contributed by atoms with Gasteiger partial charge in [0.2, 0.25) is 5.95 Å².